The van der Waals surface area contributed by atoms with Gasteiger partial charge in [-0.05, 0) is 17.7 Å². The predicted molar refractivity (Wildman–Crippen MR) is 88.6 cm³/mol. The first-order chi connectivity index (χ1) is 11.3. The van der Waals surface area contributed by atoms with Crippen LogP contribution in [0.25, 0.3) is 0 Å². The Balaban J connectivity index is 1.79. The zero-order valence-corrected chi connectivity index (χ0v) is 12.6. The van der Waals surface area contributed by atoms with Gasteiger partial charge in [0.1, 0.15) is 5.75 Å². The number of ether oxygens (including phenoxy) is 1. The molecule has 0 amide bonds. The maximum absolute atomic E-state index is 12.3. The number of methoxy groups -OCH3 is 1. The first-order valence-corrected chi connectivity index (χ1v) is 7.13. The lowest BCUT2D eigenvalue weighted by Gasteiger charge is -1.99. The van der Waals surface area contributed by atoms with Crippen LogP contribution in [0, 0.1) is 0 Å². The third-order valence-electron chi connectivity index (χ3n) is 3.33. The molecule has 0 aliphatic heterocycles. The summed E-state index contributed by atoms with van der Waals surface area (Å²) < 4.78 is 6.59. The molecule has 6 nitrogen and oxygen atoms in total. The molecule has 2 aromatic carbocycles. The second kappa shape index (κ2) is 6.74. The largest absolute Gasteiger partial charge is 0.497 e. The van der Waals surface area contributed by atoms with Crippen molar-refractivity contribution in [2.45, 2.75) is 6.54 Å². The second-order valence-corrected chi connectivity index (χ2v) is 4.93. The van der Waals surface area contributed by atoms with Gasteiger partial charge in [0.25, 0.3) is 5.56 Å². The number of aromatic amines is 1. The number of hydrogen-bond acceptors (Lipinski definition) is 4. The number of rotatable bonds is 5. The molecule has 3 aromatic rings. The fraction of sp³-hybridized carbons (Fsp3) is 0.118. The van der Waals surface area contributed by atoms with E-state index in [0.29, 0.717) is 18.0 Å². The van der Waals surface area contributed by atoms with E-state index < -0.39 is 0 Å². The lowest BCUT2D eigenvalue weighted by Crippen LogP contribution is -2.19. The highest BCUT2D eigenvalue weighted by Crippen LogP contribution is 2.18. The Kier molecular flexibility index (Phi) is 4.33. The number of benzene rings is 2. The van der Waals surface area contributed by atoms with Crippen LogP contribution in [-0.4, -0.2) is 28.3 Å². The quantitative estimate of drug-likeness (QED) is 0.736. The van der Waals surface area contributed by atoms with E-state index in [4.69, 9.17) is 4.74 Å². The predicted octanol–water partition coefficient (Wildman–Crippen LogP) is 2.38. The van der Waals surface area contributed by atoms with Gasteiger partial charge >= 0.3 is 0 Å². The highest BCUT2D eigenvalue weighted by Gasteiger charge is 2.06. The molecule has 0 aliphatic carbocycles. The van der Waals surface area contributed by atoms with Crippen LogP contribution >= 0.6 is 0 Å². The summed E-state index contributed by atoms with van der Waals surface area (Å²) in [5.74, 6) is 0.711. The molecule has 0 fully saturated rings. The lowest BCUT2D eigenvalue weighted by atomic mass is 10.2. The number of nitrogens with one attached hydrogen (secondary N) is 1. The number of H-pyrrole nitrogens is 1. The minimum absolute atomic E-state index is 0.208. The molecule has 0 spiro atoms. The molecule has 116 valence electrons. The van der Waals surface area contributed by atoms with Crippen LogP contribution in [-0.2, 0) is 6.54 Å². The summed E-state index contributed by atoms with van der Waals surface area (Å²) in [5, 5.41) is 6.73. The van der Waals surface area contributed by atoms with Crippen molar-refractivity contribution in [1.82, 2.24) is 15.0 Å². The summed E-state index contributed by atoms with van der Waals surface area (Å²) in [5.41, 5.74) is 1.78. The van der Waals surface area contributed by atoms with Gasteiger partial charge in [0.2, 0.25) is 0 Å². The smallest absolute Gasteiger partial charge is 0.295 e. The Morgan fingerprint density at radius 1 is 1.22 bits per heavy atom. The van der Waals surface area contributed by atoms with Gasteiger partial charge < -0.3 is 4.74 Å². The number of aromatic nitrogens is 3. The van der Waals surface area contributed by atoms with Gasteiger partial charge in [-0.3, -0.25) is 9.79 Å². The molecule has 0 saturated carbocycles. The zero-order valence-electron chi connectivity index (χ0n) is 12.6. The van der Waals surface area contributed by atoms with Crippen molar-refractivity contribution in [3.8, 4) is 5.75 Å². The van der Waals surface area contributed by atoms with Crippen LogP contribution < -0.4 is 10.3 Å². The third kappa shape index (κ3) is 3.55. The zero-order chi connectivity index (χ0) is 16.1. The summed E-state index contributed by atoms with van der Waals surface area (Å²) in [6.45, 7) is 0.444. The van der Waals surface area contributed by atoms with Crippen LogP contribution in [0.15, 0.2) is 64.4 Å². The van der Waals surface area contributed by atoms with Crippen molar-refractivity contribution < 1.29 is 4.74 Å². The van der Waals surface area contributed by atoms with Gasteiger partial charge in [0.15, 0.2) is 5.69 Å². The van der Waals surface area contributed by atoms with Gasteiger partial charge in [-0.25, -0.2) is 9.90 Å². The van der Waals surface area contributed by atoms with Gasteiger partial charge in [-0.1, -0.05) is 36.4 Å². The van der Waals surface area contributed by atoms with Crippen LogP contribution in [0.4, 0.5) is 5.69 Å². The van der Waals surface area contributed by atoms with E-state index in [-0.39, 0.29) is 11.3 Å². The summed E-state index contributed by atoms with van der Waals surface area (Å²) in [7, 11) is 1.60. The van der Waals surface area contributed by atoms with Gasteiger partial charge in [-0.15, -0.1) is 0 Å². The highest BCUT2D eigenvalue weighted by atomic mass is 16.5. The van der Waals surface area contributed by atoms with E-state index in [2.05, 4.69) is 15.3 Å². The Morgan fingerprint density at radius 2 is 2.04 bits per heavy atom. The summed E-state index contributed by atoms with van der Waals surface area (Å²) in [4.78, 5) is 16.5. The molecule has 1 heterocycles. The van der Waals surface area contributed by atoms with Crippen molar-refractivity contribution in [2.24, 2.45) is 4.99 Å². The molecule has 0 radical (unpaired) electrons. The van der Waals surface area contributed by atoms with E-state index in [9.17, 15) is 4.79 Å². The van der Waals surface area contributed by atoms with E-state index >= 15 is 0 Å². The molecule has 6 heteroatoms. The Morgan fingerprint density at radius 3 is 2.83 bits per heavy atom. The van der Waals surface area contributed by atoms with E-state index in [1.165, 1.54) is 10.9 Å². The average molecular weight is 308 g/mol. The molecule has 3 rings (SSSR count). The fourth-order valence-corrected chi connectivity index (χ4v) is 2.13. The van der Waals surface area contributed by atoms with E-state index in [1.54, 1.807) is 13.2 Å². The molecule has 0 aliphatic rings. The van der Waals surface area contributed by atoms with Crippen molar-refractivity contribution in [3.05, 3.63) is 76.2 Å². The van der Waals surface area contributed by atoms with Crippen molar-refractivity contribution >= 4 is 11.9 Å². The monoisotopic (exact) mass is 308 g/mol. The fourth-order valence-electron chi connectivity index (χ4n) is 2.13. The molecule has 23 heavy (non-hydrogen) atoms. The van der Waals surface area contributed by atoms with E-state index in [0.717, 1.165) is 5.56 Å². The normalized spacial score (nSPS) is 11.0. The van der Waals surface area contributed by atoms with Crippen molar-refractivity contribution in [1.29, 1.82) is 0 Å². The molecule has 1 aromatic heterocycles. The summed E-state index contributed by atoms with van der Waals surface area (Å²) in [6.07, 6.45) is 1.45. The van der Waals surface area contributed by atoms with Gasteiger partial charge in [-0.2, -0.15) is 5.10 Å². The van der Waals surface area contributed by atoms with Crippen molar-refractivity contribution in [2.75, 3.05) is 7.11 Å². The molecule has 0 bridgehead atoms. The van der Waals surface area contributed by atoms with Crippen LogP contribution in [0.3, 0.4) is 0 Å². The number of nitrogens with zero attached hydrogens (tertiary/aromatic N) is 3. The molecule has 0 unspecified atom stereocenters. The molecule has 0 atom stereocenters. The first-order valence-electron chi connectivity index (χ1n) is 7.13. The maximum atomic E-state index is 12.3. The Bertz CT molecular complexity index is 866. The van der Waals surface area contributed by atoms with Crippen LogP contribution in [0.5, 0.6) is 5.75 Å². The molecule has 0 saturated heterocycles. The standard InChI is InChI=1S/C17H16N4O2/c1-23-15-9-5-8-14(10-15)18-11-16-17(22)21(20-19-16)12-13-6-3-2-4-7-13/h2-11,20H,12H2,1H3. The lowest BCUT2D eigenvalue weighted by molar-refractivity contribution is 0.415. The Hall–Kier alpha value is -3.15. The second-order valence-electron chi connectivity index (χ2n) is 4.93. The maximum Gasteiger partial charge on any atom is 0.295 e. The van der Waals surface area contributed by atoms with Crippen LogP contribution in [0.1, 0.15) is 11.3 Å². The molecular weight excluding hydrogens is 292 g/mol. The highest BCUT2D eigenvalue weighted by molar-refractivity contribution is 5.79. The number of aliphatic imine (C=N–C) groups is 1. The van der Waals surface area contributed by atoms with Crippen molar-refractivity contribution in [3.63, 3.8) is 0 Å². The summed E-state index contributed by atoms with van der Waals surface area (Å²) >= 11 is 0. The first kappa shape index (κ1) is 14.8. The summed E-state index contributed by atoms with van der Waals surface area (Å²) in [6, 6.07) is 17.0. The molecule has 1 N–H and O–H groups in total. The molecular formula is C17H16N4O2. The van der Waals surface area contributed by atoms with Gasteiger partial charge in [0, 0.05) is 6.07 Å². The SMILES string of the molecule is COc1cccc(N=Cc2n[nH]n(Cc3ccccc3)c2=O)c1. The minimum atomic E-state index is -0.208. The third-order valence-corrected chi connectivity index (χ3v) is 3.33. The topological polar surface area (TPSA) is 72.3 Å². The van der Waals surface area contributed by atoms with Gasteiger partial charge in [0.05, 0.1) is 25.6 Å². The minimum Gasteiger partial charge on any atom is -0.497 e. The Labute approximate surface area is 133 Å². The van der Waals surface area contributed by atoms with Crippen LogP contribution in [0.2, 0.25) is 0 Å². The number of hydrogen-bond donors (Lipinski definition) is 1. The average Bonchev–Trinajstić information content (AvgIpc) is 2.94. The van der Waals surface area contributed by atoms with E-state index in [1.807, 2.05) is 48.5 Å².